The second kappa shape index (κ2) is 6.02. The van der Waals surface area contributed by atoms with E-state index in [1.165, 1.54) is 12.8 Å². The quantitative estimate of drug-likeness (QED) is 0.834. The third-order valence-corrected chi connectivity index (χ3v) is 3.74. The number of urea groups is 1. The van der Waals surface area contributed by atoms with Gasteiger partial charge in [0, 0.05) is 24.3 Å². The van der Waals surface area contributed by atoms with Crippen molar-refractivity contribution in [3.8, 4) is 0 Å². The maximum atomic E-state index is 12.1. The van der Waals surface area contributed by atoms with E-state index in [1.807, 2.05) is 24.3 Å². The maximum Gasteiger partial charge on any atom is 0.321 e. The Morgan fingerprint density at radius 1 is 1.42 bits per heavy atom. The van der Waals surface area contributed by atoms with Crippen LogP contribution >= 0.6 is 12.2 Å². The van der Waals surface area contributed by atoms with Crippen molar-refractivity contribution in [3.05, 3.63) is 29.8 Å². The van der Waals surface area contributed by atoms with Crippen LogP contribution in [0, 0.1) is 0 Å². The number of hydrogen-bond acceptors (Lipinski definition) is 2. The van der Waals surface area contributed by atoms with Gasteiger partial charge < -0.3 is 11.1 Å². The molecule has 0 atom stereocenters. The van der Waals surface area contributed by atoms with E-state index < -0.39 is 0 Å². The average Bonchev–Trinajstić information content (AvgIpc) is 2.90. The molecule has 1 aliphatic carbocycles. The fourth-order valence-corrected chi connectivity index (χ4v) is 2.45. The van der Waals surface area contributed by atoms with Crippen LogP contribution in [0.4, 0.5) is 10.5 Å². The van der Waals surface area contributed by atoms with Crippen molar-refractivity contribution >= 4 is 28.9 Å². The molecule has 5 heteroatoms. The van der Waals surface area contributed by atoms with Crippen molar-refractivity contribution in [1.29, 1.82) is 0 Å². The molecule has 1 fully saturated rings. The number of hydrogen-bond donors (Lipinski definition) is 2. The lowest BCUT2D eigenvalue weighted by atomic mass is 10.2. The molecule has 1 saturated carbocycles. The average molecular weight is 277 g/mol. The highest BCUT2D eigenvalue weighted by Gasteiger charge is 2.19. The van der Waals surface area contributed by atoms with Gasteiger partial charge in [-0.25, -0.2) is 4.79 Å². The van der Waals surface area contributed by atoms with Crippen LogP contribution < -0.4 is 16.0 Å². The highest BCUT2D eigenvalue weighted by atomic mass is 32.1. The second-order valence-electron chi connectivity index (χ2n) is 4.90. The summed E-state index contributed by atoms with van der Waals surface area (Å²) in [5.41, 5.74) is 7.17. The molecule has 19 heavy (non-hydrogen) atoms. The Labute approximate surface area is 119 Å². The summed E-state index contributed by atoms with van der Waals surface area (Å²) in [6.45, 7) is 0. The lowest BCUT2D eigenvalue weighted by molar-refractivity contribution is 0.244. The van der Waals surface area contributed by atoms with Crippen molar-refractivity contribution in [2.75, 3.05) is 11.9 Å². The van der Waals surface area contributed by atoms with Crippen molar-refractivity contribution in [1.82, 2.24) is 5.32 Å². The molecule has 0 aromatic heterocycles. The standard InChI is InChI=1S/C14H19N3OS/c1-17(14(18)16-11-6-2-3-7-11)12-8-4-5-10(9-12)13(15)19/h4-5,8-9,11H,2-3,6-7H2,1H3,(H2,15,19)(H,16,18). The van der Waals surface area contributed by atoms with Gasteiger partial charge in [-0.3, -0.25) is 4.90 Å². The number of benzene rings is 1. The van der Waals surface area contributed by atoms with Crippen molar-refractivity contribution in [3.63, 3.8) is 0 Å². The summed E-state index contributed by atoms with van der Waals surface area (Å²) >= 11 is 4.95. The Kier molecular flexibility index (Phi) is 4.37. The smallest absolute Gasteiger partial charge is 0.321 e. The molecule has 2 amide bonds. The number of nitrogens with two attached hydrogens (primary N) is 1. The van der Waals surface area contributed by atoms with Gasteiger partial charge in [-0.1, -0.05) is 37.2 Å². The van der Waals surface area contributed by atoms with Gasteiger partial charge in [0.2, 0.25) is 0 Å². The fraction of sp³-hybridized carbons (Fsp3) is 0.429. The number of nitrogens with zero attached hydrogens (tertiary/aromatic N) is 1. The highest BCUT2D eigenvalue weighted by molar-refractivity contribution is 7.80. The molecule has 0 saturated heterocycles. The number of amides is 2. The predicted molar refractivity (Wildman–Crippen MR) is 81.5 cm³/mol. The van der Waals surface area contributed by atoms with E-state index in [9.17, 15) is 4.79 Å². The molecule has 1 aromatic rings. The first kappa shape index (κ1) is 13.8. The van der Waals surface area contributed by atoms with Gasteiger partial charge in [0.25, 0.3) is 0 Å². The summed E-state index contributed by atoms with van der Waals surface area (Å²) in [4.78, 5) is 14.1. The molecule has 4 nitrogen and oxygen atoms in total. The predicted octanol–water partition coefficient (Wildman–Crippen LogP) is 2.41. The van der Waals surface area contributed by atoms with Crippen molar-refractivity contribution in [2.45, 2.75) is 31.7 Å². The Morgan fingerprint density at radius 2 is 2.11 bits per heavy atom. The fourth-order valence-electron chi connectivity index (χ4n) is 2.33. The van der Waals surface area contributed by atoms with Gasteiger partial charge in [0.1, 0.15) is 4.99 Å². The number of nitrogens with one attached hydrogen (secondary N) is 1. The van der Waals surface area contributed by atoms with Gasteiger partial charge in [0.05, 0.1) is 0 Å². The lowest BCUT2D eigenvalue weighted by Gasteiger charge is -2.21. The summed E-state index contributed by atoms with van der Waals surface area (Å²) in [6, 6.07) is 7.63. The van der Waals surface area contributed by atoms with Crippen LogP contribution in [0.1, 0.15) is 31.2 Å². The lowest BCUT2D eigenvalue weighted by Crippen LogP contribution is -2.42. The molecule has 0 unspecified atom stereocenters. The van der Waals surface area contributed by atoms with Crippen molar-refractivity contribution < 1.29 is 4.79 Å². The summed E-state index contributed by atoms with van der Waals surface area (Å²) in [5, 5.41) is 3.05. The monoisotopic (exact) mass is 277 g/mol. The van der Waals surface area contributed by atoms with E-state index in [1.54, 1.807) is 11.9 Å². The van der Waals surface area contributed by atoms with E-state index >= 15 is 0 Å². The Hall–Kier alpha value is -1.62. The number of anilines is 1. The summed E-state index contributed by atoms with van der Waals surface area (Å²) < 4.78 is 0. The Balaban J connectivity index is 2.05. The van der Waals surface area contributed by atoms with Crippen molar-refractivity contribution in [2.24, 2.45) is 5.73 Å². The molecular formula is C14H19N3OS. The first-order chi connectivity index (χ1) is 9.08. The molecule has 102 valence electrons. The second-order valence-corrected chi connectivity index (χ2v) is 5.34. The summed E-state index contributed by atoms with van der Waals surface area (Å²) in [5.74, 6) is 0. The van der Waals surface area contributed by atoms with Crippen LogP contribution in [0.5, 0.6) is 0 Å². The van der Waals surface area contributed by atoms with E-state index in [2.05, 4.69) is 5.32 Å². The first-order valence-corrected chi connectivity index (χ1v) is 6.93. The molecule has 3 N–H and O–H groups in total. The maximum absolute atomic E-state index is 12.1. The van der Waals surface area contributed by atoms with Crippen LogP contribution in [0.15, 0.2) is 24.3 Å². The Morgan fingerprint density at radius 3 is 2.74 bits per heavy atom. The largest absolute Gasteiger partial charge is 0.389 e. The minimum absolute atomic E-state index is 0.0769. The van der Waals surface area contributed by atoms with Crippen LogP contribution in [0.2, 0.25) is 0 Å². The molecule has 2 rings (SSSR count). The van der Waals surface area contributed by atoms with Gasteiger partial charge >= 0.3 is 6.03 Å². The van der Waals surface area contributed by atoms with Crippen LogP contribution in [-0.4, -0.2) is 24.1 Å². The van der Waals surface area contributed by atoms with Gasteiger partial charge in [-0.15, -0.1) is 0 Å². The molecule has 0 spiro atoms. The molecule has 0 radical (unpaired) electrons. The van der Waals surface area contributed by atoms with E-state index in [4.69, 9.17) is 18.0 Å². The minimum atomic E-state index is -0.0769. The van der Waals surface area contributed by atoms with E-state index in [0.29, 0.717) is 11.0 Å². The SMILES string of the molecule is CN(C(=O)NC1CCCC1)c1cccc(C(N)=S)c1. The van der Waals surface area contributed by atoms with E-state index in [-0.39, 0.29) is 6.03 Å². The van der Waals surface area contributed by atoms with Gasteiger partial charge in [-0.05, 0) is 25.0 Å². The molecule has 0 heterocycles. The minimum Gasteiger partial charge on any atom is -0.389 e. The number of carbonyl (C=O) groups is 1. The first-order valence-electron chi connectivity index (χ1n) is 6.52. The van der Waals surface area contributed by atoms with E-state index in [0.717, 1.165) is 24.1 Å². The van der Waals surface area contributed by atoms with Crippen LogP contribution in [0.25, 0.3) is 0 Å². The molecule has 0 bridgehead atoms. The number of thiocarbonyl (C=S) groups is 1. The number of carbonyl (C=O) groups excluding carboxylic acids is 1. The normalized spacial score (nSPS) is 15.2. The molecule has 1 aliphatic rings. The molecule has 1 aromatic carbocycles. The topological polar surface area (TPSA) is 58.4 Å². The van der Waals surface area contributed by atoms with Crippen LogP contribution in [0.3, 0.4) is 0 Å². The Bertz CT molecular complexity index is 483. The molecular weight excluding hydrogens is 258 g/mol. The number of rotatable bonds is 3. The zero-order valence-electron chi connectivity index (χ0n) is 11.1. The highest BCUT2D eigenvalue weighted by Crippen LogP contribution is 2.19. The summed E-state index contributed by atoms with van der Waals surface area (Å²) in [6.07, 6.45) is 4.55. The van der Waals surface area contributed by atoms with Crippen LogP contribution in [-0.2, 0) is 0 Å². The third-order valence-electron chi connectivity index (χ3n) is 3.51. The third kappa shape index (κ3) is 3.44. The van der Waals surface area contributed by atoms with Gasteiger partial charge in [0.15, 0.2) is 0 Å². The van der Waals surface area contributed by atoms with Gasteiger partial charge in [-0.2, -0.15) is 0 Å². The summed E-state index contributed by atoms with van der Waals surface area (Å²) in [7, 11) is 1.75. The zero-order chi connectivity index (χ0) is 13.8. The zero-order valence-corrected chi connectivity index (χ0v) is 11.9. The molecule has 0 aliphatic heterocycles.